The minimum atomic E-state index is 0. The molecule has 0 bridgehead atoms. The SMILES string of the molecule is C=Cc1ccc(C[N+](C)(C)CCCC)cc1.[Cl-]. The van der Waals surface area contributed by atoms with E-state index < -0.39 is 0 Å². The predicted molar refractivity (Wildman–Crippen MR) is 72.1 cm³/mol. The fourth-order valence-corrected chi connectivity index (χ4v) is 1.92. The van der Waals surface area contributed by atoms with Gasteiger partial charge in [0, 0.05) is 5.56 Å². The summed E-state index contributed by atoms with van der Waals surface area (Å²) in [6, 6.07) is 8.70. The number of hydrogen-bond acceptors (Lipinski definition) is 0. The third kappa shape index (κ3) is 5.90. The van der Waals surface area contributed by atoms with Crippen molar-refractivity contribution in [1.29, 1.82) is 0 Å². The van der Waals surface area contributed by atoms with Gasteiger partial charge in [-0.05, 0) is 12.0 Å². The van der Waals surface area contributed by atoms with E-state index >= 15 is 0 Å². The largest absolute Gasteiger partial charge is 1.00 e. The molecule has 1 aromatic carbocycles. The van der Waals surface area contributed by atoms with Gasteiger partial charge in [-0.25, -0.2) is 0 Å². The summed E-state index contributed by atoms with van der Waals surface area (Å²) in [7, 11) is 4.61. The van der Waals surface area contributed by atoms with Gasteiger partial charge < -0.3 is 16.9 Å². The van der Waals surface area contributed by atoms with Gasteiger partial charge in [0.25, 0.3) is 0 Å². The van der Waals surface area contributed by atoms with E-state index in [0.29, 0.717) is 0 Å². The zero-order chi connectivity index (χ0) is 12.0. The van der Waals surface area contributed by atoms with Crippen LogP contribution in [0.15, 0.2) is 30.8 Å². The third-order valence-electron chi connectivity index (χ3n) is 2.94. The first kappa shape index (κ1) is 16.2. The van der Waals surface area contributed by atoms with Gasteiger partial charge in [0.15, 0.2) is 0 Å². The Morgan fingerprint density at radius 3 is 2.24 bits per heavy atom. The number of quaternary nitrogens is 1. The lowest BCUT2D eigenvalue weighted by Gasteiger charge is -2.29. The molecule has 1 aromatic rings. The summed E-state index contributed by atoms with van der Waals surface area (Å²) in [6.07, 6.45) is 4.47. The van der Waals surface area contributed by atoms with Gasteiger partial charge in [-0.2, -0.15) is 0 Å². The van der Waals surface area contributed by atoms with Crippen LogP contribution in [0.3, 0.4) is 0 Å². The van der Waals surface area contributed by atoms with Gasteiger partial charge in [0.2, 0.25) is 0 Å². The molecule has 0 spiro atoms. The fraction of sp³-hybridized carbons (Fsp3) is 0.467. The van der Waals surface area contributed by atoms with Crippen LogP contribution in [0.5, 0.6) is 0 Å². The molecular weight excluding hydrogens is 230 g/mol. The summed E-state index contributed by atoms with van der Waals surface area (Å²) >= 11 is 0. The summed E-state index contributed by atoms with van der Waals surface area (Å²) in [5.74, 6) is 0. The molecule has 2 heteroatoms. The van der Waals surface area contributed by atoms with Crippen molar-refractivity contribution in [3.8, 4) is 0 Å². The summed E-state index contributed by atoms with van der Waals surface area (Å²) < 4.78 is 1.07. The molecule has 0 radical (unpaired) electrons. The number of hydrogen-bond donors (Lipinski definition) is 0. The highest BCUT2D eigenvalue weighted by molar-refractivity contribution is 5.47. The third-order valence-corrected chi connectivity index (χ3v) is 2.94. The van der Waals surface area contributed by atoms with Gasteiger partial charge in [-0.1, -0.05) is 50.3 Å². The lowest BCUT2D eigenvalue weighted by Crippen LogP contribution is -3.00. The molecule has 0 heterocycles. The number of rotatable bonds is 6. The maximum atomic E-state index is 3.77. The van der Waals surface area contributed by atoms with E-state index in [1.165, 1.54) is 30.5 Å². The van der Waals surface area contributed by atoms with Crippen LogP contribution in [0.4, 0.5) is 0 Å². The van der Waals surface area contributed by atoms with Crippen LogP contribution in [0, 0.1) is 0 Å². The second-order valence-electron chi connectivity index (χ2n) is 5.12. The van der Waals surface area contributed by atoms with Crippen molar-refractivity contribution in [3.05, 3.63) is 42.0 Å². The van der Waals surface area contributed by atoms with E-state index in [1.807, 2.05) is 6.08 Å². The summed E-state index contributed by atoms with van der Waals surface area (Å²) in [6.45, 7) is 8.38. The molecule has 0 saturated carbocycles. The van der Waals surface area contributed by atoms with Crippen molar-refractivity contribution >= 4 is 6.08 Å². The van der Waals surface area contributed by atoms with Gasteiger partial charge in [0.1, 0.15) is 6.54 Å². The Bertz CT molecular complexity index is 327. The highest BCUT2D eigenvalue weighted by atomic mass is 35.5. The smallest absolute Gasteiger partial charge is 0.104 e. The average molecular weight is 254 g/mol. The quantitative estimate of drug-likeness (QED) is 0.656. The number of benzene rings is 1. The normalized spacial score (nSPS) is 10.8. The Labute approximate surface area is 112 Å². The molecule has 0 saturated heterocycles. The Hall–Kier alpha value is -0.790. The predicted octanol–water partition coefficient (Wildman–Crippen LogP) is 0.710. The molecule has 0 amide bonds. The Morgan fingerprint density at radius 1 is 1.18 bits per heavy atom. The van der Waals surface area contributed by atoms with E-state index in [1.54, 1.807) is 0 Å². The van der Waals surface area contributed by atoms with Crippen molar-refractivity contribution in [2.24, 2.45) is 0 Å². The molecule has 0 aliphatic carbocycles. The van der Waals surface area contributed by atoms with Crippen LogP contribution in [-0.4, -0.2) is 25.1 Å². The van der Waals surface area contributed by atoms with Crippen LogP contribution in [0.25, 0.3) is 6.08 Å². The molecular formula is C15H24ClN. The van der Waals surface area contributed by atoms with Crippen LogP contribution in [0.1, 0.15) is 30.9 Å². The topological polar surface area (TPSA) is 0 Å². The highest BCUT2D eigenvalue weighted by Crippen LogP contribution is 2.12. The minimum absolute atomic E-state index is 0. The molecule has 0 aliphatic heterocycles. The molecule has 0 unspecified atom stereocenters. The Morgan fingerprint density at radius 2 is 1.76 bits per heavy atom. The van der Waals surface area contributed by atoms with Gasteiger partial charge >= 0.3 is 0 Å². The average Bonchev–Trinajstić information content (AvgIpc) is 2.27. The van der Waals surface area contributed by atoms with Crippen molar-refractivity contribution in [2.45, 2.75) is 26.3 Å². The van der Waals surface area contributed by atoms with Crippen molar-refractivity contribution in [2.75, 3.05) is 20.6 Å². The fourth-order valence-electron chi connectivity index (χ4n) is 1.92. The minimum Gasteiger partial charge on any atom is -1.00 e. The van der Waals surface area contributed by atoms with Crippen molar-refractivity contribution in [3.63, 3.8) is 0 Å². The zero-order valence-corrected chi connectivity index (χ0v) is 12.0. The molecule has 0 aromatic heterocycles. The molecule has 0 atom stereocenters. The maximum Gasteiger partial charge on any atom is 0.104 e. The number of nitrogens with zero attached hydrogens (tertiary/aromatic N) is 1. The molecule has 0 fully saturated rings. The summed E-state index contributed by atoms with van der Waals surface area (Å²) in [4.78, 5) is 0. The van der Waals surface area contributed by atoms with Crippen LogP contribution in [-0.2, 0) is 6.54 Å². The first-order valence-electron chi connectivity index (χ1n) is 6.11. The van der Waals surface area contributed by atoms with Crippen LogP contribution in [0.2, 0.25) is 0 Å². The Balaban J connectivity index is 0.00000256. The van der Waals surface area contributed by atoms with Crippen LogP contribution < -0.4 is 12.4 Å². The molecule has 96 valence electrons. The Kier molecular flexibility index (Phi) is 7.17. The molecule has 0 N–H and O–H groups in total. The second kappa shape index (κ2) is 7.52. The summed E-state index contributed by atoms with van der Waals surface area (Å²) in [5.41, 5.74) is 2.61. The molecule has 17 heavy (non-hydrogen) atoms. The lowest BCUT2D eigenvalue weighted by atomic mass is 10.1. The van der Waals surface area contributed by atoms with E-state index in [-0.39, 0.29) is 12.4 Å². The molecule has 1 nitrogen and oxygen atoms in total. The molecule has 1 rings (SSSR count). The lowest BCUT2D eigenvalue weighted by molar-refractivity contribution is -0.903. The first-order chi connectivity index (χ1) is 7.57. The van der Waals surface area contributed by atoms with Crippen LogP contribution >= 0.6 is 0 Å². The van der Waals surface area contributed by atoms with Gasteiger partial charge in [0.05, 0.1) is 20.6 Å². The first-order valence-corrected chi connectivity index (χ1v) is 6.11. The maximum absolute atomic E-state index is 3.77. The highest BCUT2D eigenvalue weighted by Gasteiger charge is 2.14. The second-order valence-corrected chi connectivity index (χ2v) is 5.12. The number of unbranched alkanes of at least 4 members (excludes halogenated alkanes) is 1. The van der Waals surface area contributed by atoms with Crippen molar-refractivity contribution < 1.29 is 16.9 Å². The van der Waals surface area contributed by atoms with Crippen molar-refractivity contribution in [1.82, 2.24) is 0 Å². The van der Waals surface area contributed by atoms with E-state index in [2.05, 4.69) is 51.9 Å². The summed E-state index contributed by atoms with van der Waals surface area (Å²) in [5, 5.41) is 0. The van der Waals surface area contributed by atoms with E-state index in [0.717, 1.165) is 11.0 Å². The van der Waals surface area contributed by atoms with Gasteiger partial charge in [-0.3, -0.25) is 0 Å². The monoisotopic (exact) mass is 253 g/mol. The molecule has 0 aliphatic rings. The standard InChI is InChI=1S/C15H24N.ClH/c1-5-7-12-16(3,4)13-15-10-8-14(6-2)9-11-15;/h6,8-11H,2,5,7,12-13H2,1,3-4H3;1H/q+1;/p-1. The van der Waals surface area contributed by atoms with E-state index in [4.69, 9.17) is 0 Å². The van der Waals surface area contributed by atoms with E-state index in [9.17, 15) is 0 Å². The number of halogens is 1. The van der Waals surface area contributed by atoms with Gasteiger partial charge in [-0.15, -0.1) is 0 Å². The zero-order valence-electron chi connectivity index (χ0n) is 11.2.